The smallest absolute Gasteiger partial charge is 0.326 e. The summed E-state index contributed by atoms with van der Waals surface area (Å²) in [6.07, 6.45) is 7.07. The van der Waals surface area contributed by atoms with E-state index in [2.05, 4.69) is 36.9 Å². The fourth-order valence-electron chi connectivity index (χ4n) is 11.2. The van der Waals surface area contributed by atoms with Crippen molar-refractivity contribution in [1.82, 2.24) is 36.8 Å². The molecule has 0 bridgehead atoms. The van der Waals surface area contributed by atoms with Crippen LogP contribution in [-0.2, 0) is 56.0 Å². The number of aliphatic carboxylic acids is 1. The fraction of sp³-hybridized carbons (Fsp3) is 0.593. The number of phenols is 1. The summed E-state index contributed by atoms with van der Waals surface area (Å²) in [5.74, 6) is -8.12. The van der Waals surface area contributed by atoms with Crippen molar-refractivity contribution in [1.29, 1.82) is 0 Å². The van der Waals surface area contributed by atoms with Gasteiger partial charge in [0.25, 0.3) is 0 Å². The largest absolute Gasteiger partial charge is 0.508 e. The second-order valence-electron chi connectivity index (χ2n) is 21.3. The molecule has 6 rings (SSSR count). The van der Waals surface area contributed by atoms with Gasteiger partial charge in [0.1, 0.15) is 48.0 Å². The minimum absolute atomic E-state index is 0.00627. The molecule has 14 N–H and O–H groups in total. The van der Waals surface area contributed by atoms with Gasteiger partial charge in [-0.1, -0.05) is 104 Å². The van der Waals surface area contributed by atoms with Crippen LogP contribution in [-0.4, -0.2) is 140 Å². The van der Waals surface area contributed by atoms with E-state index in [0.29, 0.717) is 17.5 Å². The van der Waals surface area contributed by atoms with Crippen LogP contribution < -0.4 is 49.1 Å². The maximum absolute atomic E-state index is 15.1. The van der Waals surface area contributed by atoms with E-state index in [-0.39, 0.29) is 80.9 Å². The molecule has 2 aromatic rings. The van der Waals surface area contributed by atoms with Gasteiger partial charge in [0.05, 0.1) is 6.42 Å². The molecule has 22 nitrogen and oxygen atoms in total. The number of carboxylic acid groups (broad SMARTS) is 1. The first-order chi connectivity index (χ1) is 37.2. The molecule has 2 saturated carbocycles. The lowest BCUT2D eigenvalue weighted by Gasteiger charge is -2.43. The third kappa shape index (κ3) is 17.0. The predicted octanol–water partition coefficient (Wildman–Crippen LogP) is 1.65. The highest BCUT2D eigenvalue weighted by Gasteiger charge is 2.50. The maximum atomic E-state index is 15.1. The molecule has 426 valence electrons. The maximum Gasteiger partial charge on any atom is 0.326 e. The first-order valence-corrected chi connectivity index (χ1v) is 29.4. The number of amides is 8. The van der Waals surface area contributed by atoms with Crippen molar-refractivity contribution in [2.75, 3.05) is 18.8 Å². The van der Waals surface area contributed by atoms with Crippen molar-refractivity contribution in [3.05, 3.63) is 65.7 Å². The summed E-state index contributed by atoms with van der Waals surface area (Å²) in [6, 6.07) is 5.80. The Hall–Kier alpha value is -6.56. The van der Waals surface area contributed by atoms with Crippen LogP contribution >= 0.6 is 21.6 Å². The number of phenolic OH excluding ortho intramolecular Hbond substituents is 1. The Morgan fingerprint density at radius 3 is 1.91 bits per heavy atom. The number of hydrogen-bond donors (Lipinski definition) is 11. The lowest BCUT2D eigenvalue weighted by molar-refractivity contribution is -0.145. The van der Waals surface area contributed by atoms with Crippen molar-refractivity contribution < 1.29 is 53.4 Å². The second kappa shape index (κ2) is 28.9. The molecular weight excluding hydrogens is 1040 g/mol. The van der Waals surface area contributed by atoms with Crippen LogP contribution in [0, 0.1) is 17.8 Å². The van der Waals surface area contributed by atoms with E-state index in [1.807, 2.05) is 0 Å². The molecule has 2 aromatic carbocycles. The lowest BCUT2D eigenvalue weighted by Crippen LogP contribution is -2.61. The number of likely N-dealkylation sites (tertiary alicyclic amines) is 1. The molecule has 7 atom stereocenters. The van der Waals surface area contributed by atoms with Crippen molar-refractivity contribution in [2.45, 2.75) is 164 Å². The third-order valence-electron chi connectivity index (χ3n) is 15.2. The Morgan fingerprint density at radius 2 is 1.32 bits per heavy atom. The van der Waals surface area contributed by atoms with Gasteiger partial charge in [-0.3, -0.25) is 43.3 Å². The Kier molecular flexibility index (Phi) is 22.5. The van der Waals surface area contributed by atoms with Gasteiger partial charge < -0.3 is 64.2 Å². The average Bonchev–Trinajstić information content (AvgIpc) is 4.26. The van der Waals surface area contributed by atoms with Gasteiger partial charge in [0.2, 0.25) is 47.3 Å². The summed E-state index contributed by atoms with van der Waals surface area (Å²) < 4.78 is -0.729. The number of aromatic hydroxyl groups is 1. The molecule has 2 aliphatic heterocycles. The van der Waals surface area contributed by atoms with E-state index in [4.69, 9.17) is 17.2 Å². The molecule has 0 radical (unpaired) electrons. The summed E-state index contributed by atoms with van der Waals surface area (Å²) in [7, 11) is 2.76. The molecule has 0 unspecified atom stereocenters. The number of aliphatic imine (C=N–C) groups is 1. The lowest BCUT2D eigenvalue weighted by atomic mass is 9.76. The van der Waals surface area contributed by atoms with Crippen LogP contribution in [0.3, 0.4) is 0 Å². The second-order valence-corrected chi connectivity index (χ2v) is 24.0. The van der Waals surface area contributed by atoms with Gasteiger partial charge in [0, 0.05) is 42.9 Å². The fourth-order valence-corrected chi connectivity index (χ4v) is 15.0. The van der Waals surface area contributed by atoms with E-state index in [9.17, 15) is 48.6 Å². The van der Waals surface area contributed by atoms with Crippen molar-refractivity contribution >= 4 is 80.8 Å². The molecule has 2 heterocycles. The molecular formula is C54H77N11O11S2. The monoisotopic (exact) mass is 1120 g/mol. The number of rotatable bonds is 17. The Labute approximate surface area is 462 Å². The summed E-state index contributed by atoms with van der Waals surface area (Å²) in [6.45, 7) is 3.50. The zero-order valence-electron chi connectivity index (χ0n) is 44.4. The number of carbonyl (C=O) groups excluding carboxylic acids is 8. The molecule has 8 amide bonds. The molecule has 78 heavy (non-hydrogen) atoms. The molecule has 0 aromatic heterocycles. The standard InChI is InChI=1S/C54H77N11O11S2/c1-31(2)45-50(73)62-40(28-43(55)67)47(70)63-41(51(74)65-25-11-19-42(65)49(72)60-37(52(75)76)18-10-24-58-53(56)57)30-77-78-54(34-14-6-7-15-34,35-16-8-9-17-35)29-44(68)59-38(27-33-20-22-36(66)23-21-33)46(69)61-39(48(71)64-45)26-32-12-4-3-5-13-32/h3-5,12-13,20-23,31,34-35,37-42,45,66H,6-11,14-19,24-30H2,1-2H3,(H2,55,67)(H,59,68)(H,60,72)(H,61,69)(H,62,73)(H,63,70)(H,64,71)(H,75,76)(H4,56,57,58)/t37-,38+,39-,40-,41-,42+,45-/m0/s1. The van der Waals surface area contributed by atoms with Crippen LogP contribution in [0.2, 0.25) is 0 Å². The van der Waals surface area contributed by atoms with Crippen molar-refractivity contribution in [3.8, 4) is 5.75 Å². The zero-order valence-corrected chi connectivity index (χ0v) is 46.0. The predicted molar refractivity (Wildman–Crippen MR) is 296 cm³/mol. The van der Waals surface area contributed by atoms with E-state index < -0.39 is 113 Å². The number of nitrogens with zero attached hydrogens (tertiary/aromatic N) is 2. The van der Waals surface area contributed by atoms with Crippen LogP contribution in [0.1, 0.15) is 115 Å². The number of nitrogens with one attached hydrogen (secondary N) is 6. The molecule has 2 aliphatic carbocycles. The van der Waals surface area contributed by atoms with E-state index >= 15 is 4.79 Å². The van der Waals surface area contributed by atoms with Gasteiger partial charge >= 0.3 is 5.97 Å². The van der Waals surface area contributed by atoms with Crippen molar-refractivity contribution in [2.24, 2.45) is 39.9 Å². The summed E-state index contributed by atoms with van der Waals surface area (Å²) in [5, 5.41) is 36.8. The number of guanidine groups is 1. The number of primary amides is 1. The molecule has 24 heteroatoms. The highest BCUT2D eigenvalue weighted by atomic mass is 33.1. The molecule has 2 saturated heterocycles. The number of hydrogen-bond acceptors (Lipinski definition) is 13. The Bertz CT molecular complexity index is 2450. The number of carboxylic acids is 1. The minimum Gasteiger partial charge on any atom is -0.508 e. The first-order valence-electron chi connectivity index (χ1n) is 27.0. The summed E-state index contributed by atoms with van der Waals surface area (Å²) >= 11 is 0. The summed E-state index contributed by atoms with van der Waals surface area (Å²) in [4.78, 5) is 133. The topological polar surface area (TPSA) is 360 Å². The number of nitrogens with two attached hydrogens (primary N) is 3. The highest BCUT2D eigenvalue weighted by Crippen LogP contribution is 2.57. The van der Waals surface area contributed by atoms with E-state index in [0.717, 1.165) is 51.4 Å². The van der Waals surface area contributed by atoms with Gasteiger partial charge in [-0.2, -0.15) is 0 Å². The molecule has 4 aliphatic rings. The first kappa shape index (κ1) is 60.7. The highest BCUT2D eigenvalue weighted by molar-refractivity contribution is 8.77. The quantitative estimate of drug-likeness (QED) is 0.0464. The Morgan fingerprint density at radius 1 is 0.744 bits per heavy atom. The normalized spacial score (nSPS) is 24.7. The van der Waals surface area contributed by atoms with E-state index in [1.54, 1.807) is 56.3 Å². The SMILES string of the molecule is CC(C)[C@@H]1NC(=O)[C@H](Cc2ccccc2)NC(=O)[C@@H](Cc2ccc(O)cc2)NC(=O)CC(C2CCCC2)(C2CCCC2)SSC[C@@H](C(=O)N2CCC[C@@H]2C(=O)N[C@@H](CCCN=C(N)N)C(=O)O)NC(=O)[C@H](CC(N)=O)NC1=O. The number of carbonyl (C=O) groups is 9. The van der Waals surface area contributed by atoms with Gasteiger partial charge in [-0.15, -0.1) is 0 Å². The molecule has 4 fully saturated rings. The zero-order chi connectivity index (χ0) is 56.5. The van der Waals surface area contributed by atoms with Crippen LogP contribution in [0.5, 0.6) is 5.75 Å². The van der Waals surface area contributed by atoms with Crippen LogP contribution in [0.15, 0.2) is 59.6 Å². The van der Waals surface area contributed by atoms with Gasteiger partial charge in [-0.25, -0.2) is 4.79 Å². The average molecular weight is 1120 g/mol. The van der Waals surface area contributed by atoms with Gasteiger partial charge in [0.15, 0.2) is 5.96 Å². The van der Waals surface area contributed by atoms with E-state index in [1.165, 1.54) is 38.6 Å². The summed E-state index contributed by atoms with van der Waals surface area (Å²) in [5.41, 5.74) is 17.8. The van der Waals surface area contributed by atoms with Gasteiger partial charge in [-0.05, 0) is 92.4 Å². The Balaban J connectivity index is 1.40. The van der Waals surface area contributed by atoms with Crippen LogP contribution in [0.25, 0.3) is 0 Å². The van der Waals surface area contributed by atoms with Crippen molar-refractivity contribution in [3.63, 3.8) is 0 Å². The number of benzene rings is 2. The van der Waals surface area contributed by atoms with Crippen LogP contribution in [0.4, 0.5) is 0 Å². The third-order valence-corrected chi connectivity index (χ3v) is 18.6. The molecule has 0 spiro atoms. The minimum atomic E-state index is -1.65.